The molecule has 19 heavy (non-hydrogen) atoms. The molecule has 5 heteroatoms. The average Bonchev–Trinajstić information content (AvgIpc) is 2.37. The molecule has 2 atom stereocenters. The highest BCUT2D eigenvalue weighted by molar-refractivity contribution is 5.72. The molecule has 2 rings (SSSR count). The molecule has 0 radical (unpaired) electrons. The van der Waals surface area contributed by atoms with Crippen LogP contribution < -0.4 is 5.56 Å². The Morgan fingerprint density at radius 1 is 1.47 bits per heavy atom. The van der Waals surface area contributed by atoms with Gasteiger partial charge >= 0.3 is 5.97 Å². The van der Waals surface area contributed by atoms with E-state index in [1.165, 1.54) is 6.20 Å². The molecule has 0 fully saturated rings. The van der Waals surface area contributed by atoms with E-state index >= 15 is 0 Å². The summed E-state index contributed by atoms with van der Waals surface area (Å²) in [5.74, 6) is 0.746. The Bertz CT molecular complexity index is 536. The Morgan fingerprint density at radius 3 is 2.89 bits per heavy atom. The number of hydrogen-bond acceptors (Lipinski definition) is 4. The summed E-state index contributed by atoms with van der Waals surface area (Å²) >= 11 is 0. The summed E-state index contributed by atoms with van der Waals surface area (Å²) in [6.45, 7) is 6.17. The van der Waals surface area contributed by atoms with Gasteiger partial charge in [-0.25, -0.2) is 4.98 Å². The number of hydrogen-bond donors (Lipinski definition) is 0. The largest absolute Gasteiger partial charge is 0.466 e. The fraction of sp³-hybridized carbons (Fsp3) is 0.643. The molecule has 1 aliphatic rings. The summed E-state index contributed by atoms with van der Waals surface area (Å²) in [7, 11) is 0. The van der Waals surface area contributed by atoms with E-state index in [0.717, 1.165) is 18.7 Å². The summed E-state index contributed by atoms with van der Waals surface area (Å²) in [6, 6.07) is 0.147. The molecule has 0 amide bonds. The Hall–Kier alpha value is -1.65. The number of nitrogens with zero attached hydrogens (tertiary/aromatic N) is 2. The molecule has 0 bridgehead atoms. The summed E-state index contributed by atoms with van der Waals surface area (Å²) in [5, 5.41) is 0. The second-order valence-corrected chi connectivity index (χ2v) is 5.13. The van der Waals surface area contributed by atoms with Crippen molar-refractivity contribution in [2.24, 2.45) is 0 Å². The van der Waals surface area contributed by atoms with E-state index in [-0.39, 0.29) is 24.0 Å². The summed E-state index contributed by atoms with van der Waals surface area (Å²) < 4.78 is 6.62. The molecule has 1 aromatic rings. The number of carbonyl (C=O) groups excluding carboxylic acids is 1. The van der Waals surface area contributed by atoms with Gasteiger partial charge in [-0.3, -0.25) is 14.2 Å². The molecule has 104 valence electrons. The lowest BCUT2D eigenvalue weighted by Gasteiger charge is -2.28. The van der Waals surface area contributed by atoms with Gasteiger partial charge < -0.3 is 4.74 Å². The van der Waals surface area contributed by atoms with Gasteiger partial charge in [-0.1, -0.05) is 6.92 Å². The van der Waals surface area contributed by atoms with E-state index in [1.54, 1.807) is 11.5 Å². The van der Waals surface area contributed by atoms with Crippen molar-refractivity contribution in [3.8, 4) is 0 Å². The number of esters is 1. The van der Waals surface area contributed by atoms with E-state index < -0.39 is 0 Å². The minimum Gasteiger partial charge on any atom is -0.466 e. The second-order valence-electron chi connectivity index (χ2n) is 5.13. The van der Waals surface area contributed by atoms with Gasteiger partial charge in [0.05, 0.1) is 13.0 Å². The van der Waals surface area contributed by atoms with Gasteiger partial charge in [0.15, 0.2) is 0 Å². The van der Waals surface area contributed by atoms with E-state index in [4.69, 9.17) is 4.74 Å². The average molecular weight is 264 g/mol. The van der Waals surface area contributed by atoms with Crippen molar-refractivity contribution in [1.29, 1.82) is 0 Å². The Balaban J connectivity index is 2.36. The van der Waals surface area contributed by atoms with Crippen LogP contribution >= 0.6 is 0 Å². The van der Waals surface area contributed by atoms with Crippen LogP contribution in [0, 0.1) is 0 Å². The summed E-state index contributed by atoms with van der Waals surface area (Å²) in [5.41, 5.74) is 0.320. The third kappa shape index (κ3) is 2.69. The highest BCUT2D eigenvalue weighted by Gasteiger charge is 2.25. The maximum Gasteiger partial charge on any atom is 0.310 e. The predicted octanol–water partition coefficient (Wildman–Crippen LogP) is 1.81. The minimum absolute atomic E-state index is 0.00105. The quantitative estimate of drug-likeness (QED) is 0.781. The minimum atomic E-state index is -0.376. The topological polar surface area (TPSA) is 61.2 Å². The molecule has 0 saturated heterocycles. The van der Waals surface area contributed by atoms with Gasteiger partial charge in [0.1, 0.15) is 5.82 Å². The van der Waals surface area contributed by atoms with Gasteiger partial charge in [0, 0.05) is 23.7 Å². The molecule has 1 aliphatic heterocycles. The van der Waals surface area contributed by atoms with Crippen LogP contribution in [0.2, 0.25) is 0 Å². The molecule has 2 heterocycles. The molecule has 0 saturated carbocycles. The van der Waals surface area contributed by atoms with Crippen LogP contribution in [0.4, 0.5) is 0 Å². The first-order chi connectivity index (χ1) is 9.04. The standard InChI is InChI=1S/C14H20N2O3/c1-4-19-12(17)7-11-8-15-13-9(2)5-6-10(3)16(13)14(11)18/h8-10H,4-7H2,1-3H3/t9-,10+/m1/s1. The molecule has 0 spiro atoms. The number of ether oxygens (including phenoxy) is 1. The molecule has 1 aromatic heterocycles. The number of rotatable bonds is 3. The van der Waals surface area contributed by atoms with Crippen LogP contribution in [0.5, 0.6) is 0 Å². The van der Waals surface area contributed by atoms with Crippen LogP contribution in [0.3, 0.4) is 0 Å². The molecule has 0 N–H and O–H groups in total. The molecule has 5 nitrogen and oxygen atoms in total. The fourth-order valence-electron chi connectivity index (χ4n) is 2.55. The number of fused-ring (bicyclic) bond motifs is 1. The lowest BCUT2D eigenvalue weighted by atomic mass is 9.96. The molecular formula is C14H20N2O3. The van der Waals surface area contributed by atoms with Gasteiger partial charge in [-0.15, -0.1) is 0 Å². The van der Waals surface area contributed by atoms with E-state index in [9.17, 15) is 9.59 Å². The zero-order valence-corrected chi connectivity index (χ0v) is 11.7. The molecular weight excluding hydrogens is 244 g/mol. The highest BCUT2D eigenvalue weighted by Crippen LogP contribution is 2.29. The van der Waals surface area contributed by atoms with Crippen molar-refractivity contribution in [3.63, 3.8) is 0 Å². The van der Waals surface area contributed by atoms with Crippen molar-refractivity contribution in [2.75, 3.05) is 6.61 Å². The number of aromatic nitrogens is 2. The van der Waals surface area contributed by atoms with Crippen LogP contribution in [0.15, 0.2) is 11.0 Å². The Morgan fingerprint density at radius 2 is 2.21 bits per heavy atom. The lowest BCUT2D eigenvalue weighted by molar-refractivity contribution is -0.142. The van der Waals surface area contributed by atoms with E-state index in [2.05, 4.69) is 11.9 Å². The van der Waals surface area contributed by atoms with Crippen molar-refractivity contribution < 1.29 is 9.53 Å². The normalized spacial score (nSPS) is 21.8. The lowest BCUT2D eigenvalue weighted by Crippen LogP contribution is -2.34. The second kappa shape index (κ2) is 5.55. The first-order valence-electron chi connectivity index (χ1n) is 6.80. The van der Waals surface area contributed by atoms with Gasteiger partial charge in [0.2, 0.25) is 0 Å². The molecule has 0 aromatic carbocycles. The third-order valence-electron chi connectivity index (χ3n) is 3.63. The van der Waals surface area contributed by atoms with Gasteiger partial charge in [-0.05, 0) is 26.7 Å². The maximum atomic E-state index is 12.4. The summed E-state index contributed by atoms with van der Waals surface area (Å²) in [4.78, 5) is 28.3. The third-order valence-corrected chi connectivity index (χ3v) is 3.63. The Labute approximate surface area is 112 Å². The van der Waals surface area contributed by atoms with Gasteiger partial charge in [0.25, 0.3) is 5.56 Å². The first kappa shape index (κ1) is 13.8. The van der Waals surface area contributed by atoms with Crippen LogP contribution in [-0.2, 0) is 16.0 Å². The fourth-order valence-corrected chi connectivity index (χ4v) is 2.55. The van der Waals surface area contributed by atoms with Gasteiger partial charge in [-0.2, -0.15) is 0 Å². The molecule has 0 unspecified atom stereocenters. The predicted molar refractivity (Wildman–Crippen MR) is 71.2 cm³/mol. The highest BCUT2D eigenvalue weighted by atomic mass is 16.5. The van der Waals surface area contributed by atoms with E-state index in [1.807, 2.05) is 6.92 Å². The molecule has 0 aliphatic carbocycles. The Kier molecular flexibility index (Phi) is 4.02. The van der Waals surface area contributed by atoms with Crippen molar-refractivity contribution in [3.05, 3.63) is 27.9 Å². The summed E-state index contributed by atoms with van der Waals surface area (Å²) in [6.07, 6.45) is 3.55. The first-order valence-corrected chi connectivity index (χ1v) is 6.80. The van der Waals surface area contributed by atoms with Crippen LogP contribution in [-0.4, -0.2) is 22.1 Å². The maximum absolute atomic E-state index is 12.4. The van der Waals surface area contributed by atoms with Crippen LogP contribution in [0.1, 0.15) is 57.0 Å². The number of carbonyl (C=O) groups is 1. The van der Waals surface area contributed by atoms with Crippen LogP contribution in [0.25, 0.3) is 0 Å². The zero-order valence-electron chi connectivity index (χ0n) is 11.7. The zero-order chi connectivity index (χ0) is 14.0. The SMILES string of the molecule is CCOC(=O)Cc1cnc2n(c1=O)[C@@H](C)CC[C@H]2C. The van der Waals surface area contributed by atoms with Crippen molar-refractivity contribution >= 4 is 5.97 Å². The van der Waals surface area contributed by atoms with E-state index in [0.29, 0.717) is 18.1 Å². The van der Waals surface area contributed by atoms with Crippen molar-refractivity contribution in [2.45, 2.75) is 52.0 Å². The van der Waals surface area contributed by atoms with Crippen molar-refractivity contribution in [1.82, 2.24) is 9.55 Å². The monoisotopic (exact) mass is 264 g/mol. The smallest absolute Gasteiger partial charge is 0.310 e.